The molecule has 0 unspecified atom stereocenters. The van der Waals surface area contributed by atoms with E-state index in [-0.39, 0.29) is 17.1 Å². The normalized spacial score (nSPS) is 9.20. The minimum Gasteiger partial charge on any atom is -0.245 e. The molecular formula is C7H5NSSe. The molecule has 1 aromatic carbocycles. The van der Waals surface area contributed by atoms with Crippen LogP contribution in [-0.4, -0.2) is 22.1 Å². The van der Waals surface area contributed by atoms with Crippen LogP contribution in [0.4, 0.5) is 0 Å². The summed E-state index contributed by atoms with van der Waals surface area (Å²) in [6.45, 7) is 0. The van der Waals surface area contributed by atoms with E-state index in [1.165, 1.54) is 4.70 Å². The van der Waals surface area contributed by atoms with E-state index < -0.39 is 0 Å². The first-order valence-electron chi connectivity index (χ1n) is 2.75. The van der Waals surface area contributed by atoms with Crippen molar-refractivity contribution in [3.8, 4) is 0 Å². The summed E-state index contributed by atoms with van der Waals surface area (Å²) in [6.07, 6.45) is 0. The predicted molar refractivity (Wildman–Crippen MR) is 45.4 cm³/mol. The van der Waals surface area contributed by atoms with Gasteiger partial charge in [-0.05, 0) is 12.1 Å². The molecule has 0 aliphatic carbocycles. The second-order valence-corrected chi connectivity index (χ2v) is 2.71. The van der Waals surface area contributed by atoms with Crippen molar-refractivity contribution in [3.05, 3.63) is 29.8 Å². The van der Waals surface area contributed by atoms with Gasteiger partial charge in [0.2, 0.25) is 0 Å². The van der Waals surface area contributed by atoms with Crippen LogP contribution in [0.15, 0.2) is 29.8 Å². The van der Waals surface area contributed by atoms with Crippen molar-refractivity contribution in [2.75, 3.05) is 0 Å². The smallest absolute Gasteiger partial charge is 0.0812 e. The fraction of sp³-hybridized carbons (Fsp3) is 0. The van der Waals surface area contributed by atoms with Crippen molar-refractivity contribution in [2.45, 2.75) is 0 Å². The molecule has 0 fully saturated rings. The van der Waals surface area contributed by atoms with Gasteiger partial charge in [0.1, 0.15) is 0 Å². The Hall–Kier alpha value is -0.371. The first-order valence-corrected chi connectivity index (χ1v) is 3.63. The summed E-state index contributed by atoms with van der Waals surface area (Å²) >= 11 is 1.68. The minimum atomic E-state index is 0. The number of nitrogens with zero attached hydrogens (tertiary/aromatic N) is 1. The second kappa shape index (κ2) is 3.15. The van der Waals surface area contributed by atoms with Gasteiger partial charge < -0.3 is 0 Å². The Kier molecular flexibility index (Phi) is 2.44. The molecule has 0 saturated carbocycles. The molecule has 0 aliphatic heterocycles. The second-order valence-electron chi connectivity index (χ2n) is 1.82. The fourth-order valence-electron chi connectivity index (χ4n) is 0.803. The molecule has 0 N–H and O–H groups in total. The summed E-state index contributed by atoms with van der Waals surface area (Å²) in [6, 6.07) is 8.13. The third-order valence-electron chi connectivity index (χ3n) is 1.24. The summed E-state index contributed by atoms with van der Waals surface area (Å²) in [5.41, 5.74) is 2.97. The quantitative estimate of drug-likeness (QED) is 0.610. The average molecular weight is 214 g/mol. The SMILES string of the molecule is [Se].c1ccc2scnc2c1. The molecular weight excluding hydrogens is 209 g/mol. The van der Waals surface area contributed by atoms with Crippen molar-refractivity contribution in [2.24, 2.45) is 0 Å². The summed E-state index contributed by atoms with van der Waals surface area (Å²) in [5.74, 6) is 0. The van der Waals surface area contributed by atoms with Gasteiger partial charge in [-0.1, -0.05) is 12.1 Å². The van der Waals surface area contributed by atoms with Crippen LogP contribution in [-0.2, 0) is 0 Å². The van der Waals surface area contributed by atoms with Crippen LogP contribution in [0.2, 0.25) is 0 Å². The third-order valence-corrected chi connectivity index (χ3v) is 2.05. The Balaban J connectivity index is 0.000000500. The number of thiazole rings is 1. The van der Waals surface area contributed by atoms with E-state index in [9.17, 15) is 0 Å². The van der Waals surface area contributed by atoms with Crippen molar-refractivity contribution in [1.29, 1.82) is 0 Å². The largest absolute Gasteiger partial charge is 0.245 e. The molecule has 1 heterocycles. The zero-order valence-electron chi connectivity index (χ0n) is 5.15. The van der Waals surface area contributed by atoms with E-state index >= 15 is 0 Å². The maximum Gasteiger partial charge on any atom is 0.0812 e. The van der Waals surface area contributed by atoms with E-state index in [2.05, 4.69) is 11.1 Å². The molecule has 0 amide bonds. The average Bonchev–Trinajstić information content (AvgIpc) is 2.33. The van der Waals surface area contributed by atoms with E-state index in [0.717, 1.165) is 5.52 Å². The van der Waals surface area contributed by atoms with Crippen molar-refractivity contribution in [1.82, 2.24) is 4.98 Å². The van der Waals surface area contributed by atoms with Crippen LogP contribution in [0.25, 0.3) is 10.2 Å². The molecule has 0 saturated heterocycles. The van der Waals surface area contributed by atoms with Crippen LogP contribution in [0, 0.1) is 0 Å². The molecule has 10 heavy (non-hydrogen) atoms. The first kappa shape index (κ1) is 7.73. The molecule has 1 nitrogen and oxygen atoms in total. The zero-order chi connectivity index (χ0) is 6.10. The molecule has 0 atom stereocenters. The van der Waals surface area contributed by atoms with Gasteiger partial charge >= 0.3 is 0 Å². The fourth-order valence-corrected chi connectivity index (χ4v) is 1.48. The predicted octanol–water partition coefficient (Wildman–Crippen LogP) is 1.92. The van der Waals surface area contributed by atoms with Crippen LogP contribution < -0.4 is 0 Å². The van der Waals surface area contributed by atoms with Crippen molar-refractivity contribution < 1.29 is 0 Å². The number of fused-ring (bicyclic) bond motifs is 1. The molecule has 0 spiro atoms. The van der Waals surface area contributed by atoms with Gasteiger partial charge in [-0.15, -0.1) is 11.3 Å². The number of para-hydroxylation sites is 1. The number of benzene rings is 1. The molecule has 2 aromatic rings. The van der Waals surface area contributed by atoms with Crippen LogP contribution >= 0.6 is 11.3 Å². The summed E-state index contributed by atoms with van der Waals surface area (Å²) in [4.78, 5) is 4.14. The molecule has 2 rings (SSSR count). The van der Waals surface area contributed by atoms with Crippen LogP contribution in [0.5, 0.6) is 0 Å². The maximum atomic E-state index is 4.14. The van der Waals surface area contributed by atoms with Crippen LogP contribution in [0.3, 0.4) is 0 Å². The Morgan fingerprint density at radius 1 is 1.20 bits per heavy atom. The molecule has 1 aromatic heterocycles. The van der Waals surface area contributed by atoms with E-state index in [0.29, 0.717) is 0 Å². The molecule has 3 heteroatoms. The number of rotatable bonds is 0. The Morgan fingerprint density at radius 2 is 2.00 bits per heavy atom. The number of aromatic nitrogens is 1. The van der Waals surface area contributed by atoms with Gasteiger partial charge in [-0.3, -0.25) is 0 Å². The minimum absolute atomic E-state index is 0. The van der Waals surface area contributed by atoms with Gasteiger partial charge in [0, 0.05) is 17.1 Å². The Morgan fingerprint density at radius 3 is 2.80 bits per heavy atom. The van der Waals surface area contributed by atoms with Crippen molar-refractivity contribution in [3.63, 3.8) is 0 Å². The molecule has 0 aliphatic rings. The topological polar surface area (TPSA) is 12.9 Å². The Bertz CT molecular complexity index is 288. The van der Waals surface area contributed by atoms with E-state index in [1.54, 1.807) is 11.3 Å². The van der Waals surface area contributed by atoms with Crippen LogP contribution in [0.1, 0.15) is 0 Å². The van der Waals surface area contributed by atoms with Gasteiger partial charge in [0.05, 0.1) is 15.7 Å². The molecule has 50 valence electrons. The van der Waals surface area contributed by atoms with E-state index in [4.69, 9.17) is 0 Å². The summed E-state index contributed by atoms with van der Waals surface area (Å²) in [7, 11) is 0. The first-order chi connectivity index (χ1) is 4.47. The van der Waals surface area contributed by atoms with E-state index in [1.807, 2.05) is 23.7 Å². The molecule has 0 bridgehead atoms. The summed E-state index contributed by atoms with van der Waals surface area (Å²) in [5, 5.41) is 0. The maximum absolute atomic E-state index is 4.14. The molecule has 2 radical (unpaired) electrons. The zero-order valence-corrected chi connectivity index (χ0v) is 7.68. The monoisotopic (exact) mass is 215 g/mol. The Labute approximate surface area is 73.6 Å². The van der Waals surface area contributed by atoms with Gasteiger partial charge in [-0.2, -0.15) is 0 Å². The number of hydrogen-bond acceptors (Lipinski definition) is 2. The van der Waals surface area contributed by atoms with Crippen molar-refractivity contribution >= 4 is 38.6 Å². The standard InChI is InChI=1S/C7H5NS.Se/c1-2-4-7-6(3-1)8-5-9-7;/h1-5H;. The van der Waals surface area contributed by atoms with Gasteiger partial charge in [0.15, 0.2) is 0 Å². The number of hydrogen-bond donors (Lipinski definition) is 0. The van der Waals surface area contributed by atoms with Gasteiger partial charge in [0.25, 0.3) is 0 Å². The third kappa shape index (κ3) is 1.21. The van der Waals surface area contributed by atoms with Gasteiger partial charge in [-0.25, -0.2) is 4.98 Å². The summed E-state index contributed by atoms with van der Waals surface area (Å²) < 4.78 is 1.26.